The quantitative estimate of drug-likeness (QED) is 0.537. The van der Waals surface area contributed by atoms with Gasteiger partial charge in [-0.05, 0) is 20.8 Å². The van der Waals surface area contributed by atoms with Crippen LogP contribution in [0.2, 0.25) is 0 Å². The van der Waals surface area contributed by atoms with Gasteiger partial charge in [-0.15, -0.1) is 0 Å². The standard InChI is InChI=1S/C9H20N2O4/c1-4-15-11(6-8(3)13)9(14)10-5-7(2)12/h7-8,12-13H,4-6H2,1-3H3,(H,10,14). The molecular formula is C9H20N2O4. The fourth-order valence-electron chi connectivity index (χ4n) is 0.913. The topological polar surface area (TPSA) is 82.0 Å². The first-order chi connectivity index (χ1) is 6.97. The molecule has 0 aliphatic carbocycles. The summed E-state index contributed by atoms with van der Waals surface area (Å²) in [6.07, 6.45) is -1.27. The molecule has 0 fully saturated rings. The molecule has 6 heteroatoms. The van der Waals surface area contributed by atoms with Crippen LogP contribution in [0.3, 0.4) is 0 Å². The molecule has 3 N–H and O–H groups in total. The molecule has 0 aromatic heterocycles. The van der Waals surface area contributed by atoms with Crippen LogP contribution in [-0.2, 0) is 4.84 Å². The minimum absolute atomic E-state index is 0.0967. The van der Waals surface area contributed by atoms with Gasteiger partial charge in [0.15, 0.2) is 0 Å². The molecule has 2 unspecified atom stereocenters. The molecule has 0 aromatic carbocycles. The summed E-state index contributed by atoms with van der Waals surface area (Å²) in [4.78, 5) is 16.5. The highest BCUT2D eigenvalue weighted by Crippen LogP contribution is 1.95. The van der Waals surface area contributed by atoms with Crippen molar-refractivity contribution in [2.75, 3.05) is 19.7 Å². The summed E-state index contributed by atoms with van der Waals surface area (Å²) in [7, 11) is 0. The Hall–Kier alpha value is -0.850. The number of aliphatic hydroxyl groups is 2. The van der Waals surface area contributed by atoms with Crippen molar-refractivity contribution in [2.24, 2.45) is 0 Å². The molecule has 15 heavy (non-hydrogen) atoms. The van der Waals surface area contributed by atoms with Gasteiger partial charge in [-0.25, -0.2) is 9.86 Å². The number of rotatable bonds is 6. The van der Waals surface area contributed by atoms with Crippen LogP contribution in [0.25, 0.3) is 0 Å². The van der Waals surface area contributed by atoms with Crippen molar-refractivity contribution >= 4 is 6.03 Å². The van der Waals surface area contributed by atoms with E-state index in [1.165, 1.54) is 0 Å². The summed E-state index contributed by atoms with van der Waals surface area (Å²) in [5.74, 6) is 0. The van der Waals surface area contributed by atoms with E-state index in [9.17, 15) is 4.79 Å². The Morgan fingerprint density at radius 1 is 1.40 bits per heavy atom. The number of hydrogen-bond donors (Lipinski definition) is 3. The summed E-state index contributed by atoms with van der Waals surface area (Å²) in [5.41, 5.74) is 0. The maximum atomic E-state index is 11.4. The van der Waals surface area contributed by atoms with Crippen LogP contribution in [0, 0.1) is 0 Å². The number of nitrogens with zero attached hydrogens (tertiary/aromatic N) is 1. The van der Waals surface area contributed by atoms with Crippen molar-refractivity contribution in [3.8, 4) is 0 Å². The van der Waals surface area contributed by atoms with Gasteiger partial charge in [-0.3, -0.25) is 4.84 Å². The fraction of sp³-hybridized carbons (Fsp3) is 0.889. The van der Waals surface area contributed by atoms with E-state index < -0.39 is 18.2 Å². The Balaban J connectivity index is 4.04. The number of aliphatic hydroxyl groups excluding tert-OH is 2. The lowest BCUT2D eigenvalue weighted by atomic mass is 10.4. The summed E-state index contributed by atoms with van der Waals surface area (Å²) < 4.78 is 0. The van der Waals surface area contributed by atoms with Crippen LogP contribution in [0.4, 0.5) is 4.79 Å². The predicted molar refractivity (Wildman–Crippen MR) is 55.1 cm³/mol. The third-order valence-electron chi connectivity index (χ3n) is 1.49. The fourth-order valence-corrected chi connectivity index (χ4v) is 0.913. The molecule has 2 amide bonds. The third kappa shape index (κ3) is 7.12. The van der Waals surface area contributed by atoms with Crippen molar-refractivity contribution in [1.82, 2.24) is 10.4 Å². The van der Waals surface area contributed by atoms with Crippen LogP contribution in [0.15, 0.2) is 0 Å². The SMILES string of the molecule is CCON(CC(C)O)C(=O)NCC(C)O. The zero-order valence-corrected chi connectivity index (χ0v) is 9.43. The van der Waals surface area contributed by atoms with E-state index in [2.05, 4.69) is 5.32 Å². The molecule has 0 aliphatic rings. The smallest absolute Gasteiger partial charge is 0.341 e. The number of hydrogen-bond acceptors (Lipinski definition) is 4. The molecule has 2 atom stereocenters. The van der Waals surface area contributed by atoms with Crippen LogP contribution in [0.1, 0.15) is 20.8 Å². The summed E-state index contributed by atoms with van der Waals surface area (Å²) in [5, 5.41) is 21.6. The summed E-state index contributed by atoms with van der Waals surface area (Å²) in [6, 6.07) is -0.460. The Morgan fingerprint density at radius 3 is 2.40 bits per heavy atom. The summed E-state index contributed by atoms with van der Waals surface area (Å²) in [6.45, 7) is 5.47. The molecule has 0 rings (SSSR count). The molecule has 0 heterocycles. The Bertz CT molecular complexity index is 185. The molecule has 0 saturated carbocycles. The van der Waals surface area contributed by atoms with Gasteiger partial charge in [-0.2, -0.15) is 0 Å². The van der Waals surface area contributed by atoms with Crippen molar-refractivity contribution in [3.05, 3.63) is 0 Å². The normalized spacial score (nSPS) is 14.5. The number of carbonyl (C=O) groups is 1. The molecule has 0 saturated heterocycles. The van der Waals surface area contributed by atoms with Gasteiger partial charge >= 0.3 is 6.03 Å². The second-order valence-corrected chi connectivity index (χ2v) is 3.36. The van der Waals surface area contributed by atoms with Crippen LogP contribution in [0.5, 0.6) is 0 Å². The maximum absolute atomic E-state index is 11.4. The van der Waals surface area contributed by atoms with Gasteiger partial charge < -0.3 is 15.5 Å². The molecule has 0 bridgehead atoms. The first-order valence-electron chi connectivity index (χ1n) is 5.01. The van der Waals surface area contributed by atoms with Crippen LogP contribution >= 0.6 is 0 Å². The predicted octanol–water partition coefficient (Wildman–Crippen LogP) is -0.289. The number of urea groups is 1. The number of carbonyl (C=O) groups excluding carboxylic acids is 1. The van der Waals surface area contributed by atoms with Gasteiger partial charge in [0.25, 0.3) is 0 Å². The zero-order valence-electron chi connectivity index (χ0n) is 9.43. The number of amides is 2. The Labute approximate surface area is 89.8 Å². The van der Waals surface area contributed by atoms with Crippen LogP contribution in [-0.4, -0.2) is 53.2 Å². The second-order valence-electron chi connectivity index (χ2n) is 3.36. The van der Waals surface area contributed by atoms with Gasteiger partial charge in [0.2, 0.25) is 0 Å². The van der Waals surface area contributed by atoms with E-state index in [0.717, 1.165) is 5.06 Å². The average Bonchev–Trinajstić information content (AvgIpc) is 2.12. The largest absolute Gasteiger partial charge is 0.392 e. The van der Waals surface area contributed by atoms with Gasteiger partial charge in [0.1, 0.15) is 0 Å². The van der Waals surface area contributed by atoms with Crippen LogP contribution < -0.4 is 5.32 Å². The summed E-state index contributed by atoms with van der Waals surface area (Å²) >= 11 is 0. The second kappa shape index (κ2) is 7.44. The van der Waals surface area contributed by atoms with Crippen molar-refractivity contribution in [1.29, 1.82) is 0 Å². The van der Waals surface area contributed by atoms with Crippen molar-refractivity contribution in [3.63, 3.8) is 0 Å². The molecule has 0 spiro atoms. The lowest BCUT2D eigenvalue weighted by Crippen LogP contribution is -2.45. The maximum Gasteiger partial charge on any atom is 0.341 e. The van der Waals surface area contributed by atoms with Gasteiger partial charge in [0.05, 0.1) is 25.4 Å². The van der Waals surface area contributed by atoms with Crippen molar-refractivity contribution < 1.29 is 19.8 Å². The lowest BCUT2D eigenvalue weighted by molar-refractivity contribution is -0.126. The Morgan fingerprint density at radius 2 is 2.00 bits per heavy atom. The minimum Gasteiger partial charge on any atom is -0.392 e. The highest BCUT2D eigenvalue weighted by Gasteiger charge is 2.15. The van der Waals surface area contributed by atoms with E-state index in [4.69, 9.17) is 15.1 Å². The van der Waals surface area contributed by atoms with Gasteiger partial charge in [0, 0.05) is 6.54 Å². The minimum atomic E-state index is -0.658. The number of hydroxylamine groups is 2. The molecule has 6 nitrogen and oxygen atoms in total. The van der Waals surface area contributed by atoms with E-state index in [-0.39, 0.29) is 13.1 Å². The molecule has 90 valence electrons. The van der Waals surface area contributed by atoms with E-state index in [1.807, 2.05) is 0 Å². The highest BCUT2D eigenvalue weighted by atomic mass is 16.7. The van der Waals surface area contributed by atoms with Crippen molar-refractivity contribution in [2.45, 2.75) is 33.0 Å². The third-order valence-corrected chi connectivity index (χ3v) is 1.49. The first-order valence-corrected chi connectivity index (χ1v) is 5.01. The first kappa shape index (κ1) is 14.2. The van der Waals surface area contributed by atoms with Gasteiger partial charge in [-0.1, -0.05) is 0 Å². The zero-order chi connectivity index (χ0) is 11.8. The molecular weight excluding hydrogens is 200 g/mol. The van der Waals surface area contributed by atoms with E-state index in [1.54, 1.807) is 20.8 Å². The average molecular weight is 220 g/mol. The van der Waals surface area contributed by atoms with E-state index >= 15 is 0 Å². The Kier molecular flexibility index (Phi) is 7.02. The van der Waals surface area contributed by atoms with E-state index in [0.29, 0.717) is 6.61 Å². The monoisotopic (exact) mass is 220 g/mol. The highest BCUT2D eigenvalue weighted by molar-refractivity contribution is 5.73. The molecule has 0 radical (unpaired) electrons. The lowest BCUT2D eigenvalue weighted by Gasteiger charge is -2.23. The molecule has 0 aliphatic heterocycles. The molecule has 0 aromatic rings. The number of nitrogens with one attached hydrogen (secondary N) is 1.